The molecule has 1 saturated heterocycles. The van der Waals surface area contributed by atoms with Crippen LogP contribution in [0.15, 0.2) is 42.7 Å². The molecule has 1 aromatic heterocycles. The smallest absolute Gasteiger partial charge is 0.241 e. The third-order valence-electron chi connectivity index (χ3n) is 4.64. The highest BCUT2D eigenvalue weighted by Crippen LogP contribution is 2.18. The number of hydrogen-bond donors (Lipinski definition) is 1. The topological polar surface area (TPSA) is 70.6 Å². The van der Waals surface area contributed by atoms with Crippen LogP contribution >= 0.6 is 0 Å². The number of piperazine rings is 1. The first-order chi connectivity index (χ1) is 12.7. The molecule has 0 bridgehead atoms. The molecule has 1 amide bonds. The van der Waals surface area contributed by atoms with Gasteiger partial charge in [-0.1, -0.05) is 6.92 Å². The number of amides is 1. The minimum Gasteiger partial charge on any atom is -0.497 e. The summed E-state index contributed by atoms with van der Waals surface area (Å²) in [7, 11) is 1.63. The maximum absolute atomic E-state index is 12.7. The van der Waals surface area contributed by atoms with Crippen molar-refractivity contribution in [3.05, 3.63) is 42.7 Å². The fourth-order valence-electron chi connectivity index (χ4n) is 3.20. The minimum atomic E-state index is -0.143. The van der Waals surface area contributed by atoms with Crippen molar-refractivity contribution in [3.8, 4) is 5.75 Å². The second-order valence-corrected chi connectivity index (χ2v) is 6.21. The van der Waals surface area contributed by atoms with Crippen molar-refractivity contribution in [2.75, 3.05) is 43.5 Å². The standard InChI is InChI=1S/C19H25N5O2/c1-3-17(18(25)22-15-5-7-16(26-2)8-6-15)23-11-13-24(14-12-23)19-20-9-4-10-21-19/h4-10,17H,3,11-14H2,1-2H3,(H,22,25)/t17-/m1/s1. The third-order valence-corrected chi connectivity index (χ3v) is 4.64. The van der Waals surface area contributed by atoms with E-state index in [1.165, 1.54) is 0 Å². The van der Waals surface area contributed by atoms with Crippen LogP contribution < -0.4 is 15.0 Å². The first-order valence-corrected chi connectivity index (χ1v) is 8.92. The maximum Gasteiger partial charge on any atom is 0.241 e. The maximum atomic E-state index is 12.7. The summed E-state index contributed by atoms with van der Waals surface area (Å²) >= 11 is 0. The summed E-state index contributed by atoms with van der Waals surface area (Å²) in [4.78, 5) is 25.7. The molecule has 0 saturated carbocycles. The van der Waals surface area contributed by atoms with E-state index in [-0.39, 0.29) is 11.9 Å². The molecule has 1 atom stereocenters. The highest BCUT2D eigenvalue weighted by molar-refractivity contribution is 5.94. The van der Waals surface area contributed by atoms with Crippen LogP contribution in [0.2, 0.25) is 0 Å². The summed E-state index contributed by atoms with van der Waals surface area (Å²) in [5, 5.41) is 3.01. The number of carbonyl (C=O) groups excluding carboxylic acids is 1. The highest BCUT2D eigenvalue weighted by atomic mass is 16.5. The number of nitrogens with one attached hydrogen (secondary N) is 1. The van der Waals surface area contributed by atoms with Gasteiger partial charge >= 0.3 is 0 Å². The van der Waals surface area contributed by atoms with Gasteiger partial charge in [0.05, 0.1) is 13.2 Å². The van der Waals surface area contributed by atoms with Gasteiger partial charge in [0.1, 0.15) is 5.75 Å². The minimum absolute atomic E-state index is 0.0297. The Balaban J connectivity index is 1.57. The summed E-state index contributed by atoms with van der Waals surface area (Å²) in [6.07, 6.45) is 4.28. The van der Waals surface area contributed by atoms with Crippen LogP contribution in [0, 0.1) is 0 Å². The van der Waals surface area contributed by atoms with Gasteiger partial charge in [-0.25, -0.2) is 9.97 Å². The van der Waals surface area contributed by atoms with Crippen molar-refractivity contribution < 1.29 is 9.53 Å². The number of carbonyl (C=O) groups is 1. The first kappa shape index (κ1) is 18.1. The Morgan fingerprint density at radius 2 is 1.81 bits per heavy atom. The van der Waals surface area contributed by atoms with Gasteiger partial charge in [-0.2, -0.15) is 0 Å². The average Bonchev–Trinajstić information content (AvgIpc) is 2.70. The molecule has 0 spiro atoms. The zero-order valence-corrected chi connectivity index (χ0v) is 15.3. The van der Waals surface area contributed by atoms with Crippen LogP contribution in [0.25, 0.3) is 0 Å². The van der Waals surface area contributed by atoms with E-state index in [0.29, 0.717) is 0 Å². The lowest BCUT2D eigenvalue weighted by Crippen LogP contribution is -2.54. The van der Waals surface area contributed by atoms with E-state index in [4.69, 9.17) is 4.74 Å². The Labute approximate surface area is 154 Å². The predicted molar refractivity (Wildman–Crippen MR) is 102 cm³/mol. The Kier molecular flexibility index (Phi) is 6.01. The zero-order valence-electron chi connectivity index (χ0n) is 15.3. The van der Waals surface area contributed by atoms with Crippen LogP contribution in [-0.4, -0.2) is 60.1 Å². The summed E-state index contributed by atoms with van der Waals surface area (Å²) in [6.45, 7) is 5.30. The molecule has 26 heavy (non-hydrogen) atoms. The van der Waals surface area contributed by atoms with Crippen LogP contribution in [0.1, 0.15) is 13.3 Å². The Bertz CT molecular complexity index is 700. The lowest BCUT2D eigenvalue weighted by Gasteiger charge is -2.38. The Hall–Kier alpha value is -2.67. The van der Waals surface area contributed by atoms with E-state index >= 15 is 0 Å². The van der Waals surface area contributed by atoms with E-state index in [1.807, 2.05) is 37.3 Å². The van der Waals surface area contributed by atoms with Crippen molar-refractivity contribution in [1.29, 1.82) is 0 Å². The number of anilines is 2. The van der Waals surface area contributed by atoms with Crippen LogP contribution in [0.4, 0.5) is 11.6 Å². The Morgan fingerprint density at radius 3 is 2.38 bits per heavy atom. The van der Waals surface area contributed by atoms with Gasteiger partial charge in [0.25, 0.3) is 0 Å². The monoisotopic (exact) mass is 355 g/mol. The number of rotatable bonds is 6. The first-order valence-electron chi connectivity index (χ1n) is 8.92. The molecule has 0 aliphatic carbocycles. The molecule has 1 aliphatic heterocycles. The number of nitrogens with zero attached hydrogens (tertiary/aromatic N) is 4. The molecule has 0 radical (unpaired) electrons. The van der Waals surface area contributed by atoms with Gasteiger partial charge in [-0.05, 0) is 36.8 Å². The molecule has 1 fully saturated rings. The summed E-state index contributed by atoms with van der Waals surface area (Å²) in [5.74, 6) is 1.55. The SMILES string of the molecule is CC[C@H](C(=O)Nc1ccc(OC)cc1)N1CCN(c2ncccn2)CC1. The molecular weight excluding hydrogens is 330 g/mol. The summed E-state index contributed by atoms with van der Waals surface area (Å²) in [5.41, 5.74) is 0.783. The van der Waals surface area contributed by atoms with Gasteiger partial charge in [-0.3, -0.25) is 9.69 Å². The molecule has 7 nitrogen and oxygen atoms in total. The van der Waals surface area contributed by atoms with Crippen molar-refractivity contribution in [3.63, 3.8) is 0 Å². The molecule has 7 heteroatoms. The quantitative estimate of drug-likeness (QED) is 0.855. The van der Waals surface area contributed by atoms with Crippen LogP contribution in [0.5, 0.6) is 5.75 Å². The molecule has 2 aromatic rings. The molecule has 3 rings (SSSR count). The number of ether oxygens (including phenoxy) is 1. The van der Waals surface area contributed by atoms with E-state index in [9.17, 15) is 4.79 Å². The Morgan fingerprint density at radius 1 is 1.15 bits per heavy atom. The molecule has 1 aliphatic rings. The molecule has 1 aromatic carbocycles. The van der Waals surface area contributed by atoms with Gasteiger partial charge in [-0.15, -0.1) is 0 Å². The highest BCUT2D eigenvalue weighted by Gasteiger charge is 2.28. The number of aromatic nitrogens is 2. The molecule has 0 unspecified atom stereocenters. The van der Waals surface area contributed by atoms with E-state index in [2.05, 4.69) is 25.1 Å². The van der Waals surface area contributed by atoms with Crippen molar-refractivity contribution in [2.24, 2.45) is 0 Å². The largest absolute Gasteiger partial charge is 0.497 e. The van der Waals surface area contributed by atoms with Gasteiger partial charge in [0.2, 0.25) is 11.9 Å². The van der Waals surface area contributed by atoms with Gasteiger partial charge in [0.15, 0.2) is 0 Å². The second-order valence-electron chi connectivity index (χ2n) is 6.21. The van der Waals surface area contributed by atoms with Gasteiger partial charge < -0.3 is 15.0 Å². The molecular formula is C19H25N5O2. The second kappa shape index (κ2) is 8.62. The van der Waals surface area contributed by atoms with Crippen LogP contribution in [0.3, 0.4) is 0 Å². The molecule has 138 valence electrons. The number of benzene rings is 1. The van der Waals surface area contributed by atoms with E-state index < -0.39 is 0 Å². The normalized spacial score (nSPS) is 16.2. The van der Waals surface area contributed by atoms with E-state index in [0.717, 1.165) is 50.0 Å². The average molecular weight is 355 g/mol. The lowest BCUT2D eigenvalue weighted by molar-refractivity contribution is -0.121. The molecule has 1 N–H and O–H groups in total. The van der Waals surface area contributed by atoms with E-state index in [1.54, 1.807) is 19.5 Å². The molecule has 2 heterocycles. The van der Waals surface area contributed by atoms with Crippen LogP contribution in [-0.2, 0) is 4.79 Å². The van der Waals surface area contributed by atoms with Crippen molar-refractivity contribution in [2.45, 2.75) is 19.4 Å². The van der Waals surface area contributed by atoms with Crippen molar-refractivity contribution in [1.82, 2.24) is 14.9 Å². The fourth-order valence-corrected chi connectivity index (χ4v) is 3.20. The third kappa shape index (κ3) is 4.29. The number of hydrogen-bond acceptors (Lipinski definition) is 6. The van der Waals surface area contributed by atoms with Gasteiger partial charge in [0, 0.05) is 44.3 Å². The van der Waals surface area contributed by atoms with Crippen molar-refractivity contribution >= 4 is 17.5 Å². The fraction of sp³-hybridized carbons (Fsp3) is 0.421. The predicted octanol–water partition coefficient (Wildman–Crippen LogP) is 2.02. The lowest BCUT2D eigenvalue weighted by atomic mass is 10.1. The zero-order chi connectivity index (χ0) is 18.4. The number of methoxy groups -OCH3 is 1. The summed E-state index contributed by atoms with van der Waals surface area (Å²) in [6, 6.07) is 9.07. The summed E-state index contributed by atoms with van der Waals surface area (Å²) < 4.78 is 5.15.